The molecule has 1 aliphatic heterocycles. The SMILES string of the molecule is C1CCCCC1.CC.Cc1ccc2nc(N3CCC(N)C3)c(C(N)O)cc2c1. The van der Waals surface area contributed by atoms with E-state index in [1.807, 2.05) is 45.0 Å². The predicted octanol–water partition coefficient (Wildman–Crippen LogP) is 4.40. The van der Waals surface area contributed by atoms with Crippen molar-refractivity contribution in [3.05, 3.63) is 35.4 Å². The second-order valence-corrected chi connectivity index (χ2v) is 7.66. The fourth-order valence-corrected chi connectivity index (χ4v) is 3.81. The van der Waals surface area contributed by atoms with Gasteiger partial charge in [-0.3, -0.25) is 0 Å². The summed E-state index contributed by atoms with van der Waals surface area (Å²) < 4.78 is 0. The van der Waals surface area contributed by atoms with Crippen LogP contribution in [0.4, 0.5) is 5.82 Å². The number of hydrogen-bond donors (Lipinski definition) is 3. The Morgan fingerprint density at radius 1 is 1.07 bits per heavy atom. The lowest BCUT2D eigenvalue weighted by Gasteiger charge is -2.22. The van der Waals surface area contributed by atoms with Crippen molar-refractivity contribution in [2.75, 3.05) is 18.0 Å². The quantitative estimate of drug-likeness (QED) is 0.666. The Balaban J connectivity index is 0.000000296. The minimum Gasteiger partial charge on any atom is -0.374 e. The lowest BCUT2D eigenvalue weighted by Crippen LogP contribution is -2.28. The Morgan fingerprint density at radius 3 is 2.18 bits per heavy atom. The molecule has 2 heterocycles. The number of nitrogens with zero attached hydrogens (tertiary/aromatic N) is 2. The maximum atomic E-state index is 9.84. The molecule has 2 atom stereocenters. The Morgan fingerprint density at radius 2 is 1.68 bits per heavy atom. The lowest BCUT2D eigenvalue weighted by atomic mass is 10.0. The van der Waals surface area contributed by atoms with Crippen molar-refractivity contribution in [2.24, 2.45) is 11.5 Å². The van der Waals surface area contributed by atoms with Gasteiger partial charge in [-0.05, 0) is 31.5 Å². The summed E-state index contributed by atoms with van der Waals surface area (Å²) in [6.45, 7) is 7.64. The van der Waals surface area contributed by atoms with Crippen LogP contribution in [-0.2, 0) is 0 Å². The summed E-state index contributed by atoms with van der Waals surface area (Å²) in [5.74, 6) is 0.754. The van der Waals surface area contributed by atoms with Crippen molar-refractivity contribution in [3.8, 4) is 0 Å². The van der Waals surface area contributed by atoms with Crippen molar-refractivity contribution >= 4 is 16.7 Å². The first-order valence-electron chi connectivity index (χ1n) is 10.9. The van der Waals surface area contributed by atoms with Crippen molar-refractivity contribution in [2.45, 2.75) is 78.0 Å². The summed E-state index contributed by atoms with van der Waals surface area (Å²) in [7, 11) is 0. The topological polar surface area (TPSA) is 88.4 Å². The highest BCUT2D eigenvalue weighted by Crippen LogP contribution is 2.29. The molecule has 1 aromatic heterocycles. The van der Waals surface area contributed by atoms with Gasteiger partial charge < -0.3 is 21.5 Å². The predicted molar refractivity (Wildman–Crippen MR) is 119 cm³/mol. The van der Waals surface area contributed by atoms with Gasteiger partial charge in [-0.1, -0.05) is 64.0 Å². The molecular weight excluding hydrogens is 348 g/mol. The van der Waals surface area contributed by atoms with Gasteiger partial charge in [0.1, 0.15) is 12.0 Å². The van der Waals surface area contributed by atoms with E-state index < -0.39 is 6.23 Å². The van der Waals surface area contributed by atoms with Crippen molar-refractivity contribution < 1.29 is 5.11 Å². The van der Waals surface area contributed by atoms with Crippen molar-refractivity contribution in [1.29, 1.82) is 0 Å². The molecule has 2 fully saturated rings. The third-order valence-electron chi connectivity index (χ3n) is 5.32. The van der Waals surface area contributed by atoms with Gasteiger partial charge in [0.25, 0.3) is 0 Å². The number of aryl methyl sites for hydroxylation is 1. The number of aliphatic hydroxyl groups is 1. The minimum atomic E-state index is -1.03. The zero-order valence-corrected chi connectivity index (χ0v) is 17.8. The van der Waals surface area contributed by atoms with Crippen LogP contribution in [0.5, 0.6) is 0 Å². The van der Waals surface area contributed by atoms with Crippen LogP contribution in [0, 0.1) is 6.92 Å². The van der Waals surface area contributed by atoms with E-state index in [1.54, 1.807) is 0 Å². The lowest BCUT2D eigenvalue weighted by molar-refractivity contribution is 0.186. The Labute approximate surface area is 170 Å². The standard InChI is InChI=1S/C15H20N4O.C6H12.C2H6/c1-9-2-3-13-10(6-9)7-12(14(17)20)15(18-13)19-5-4-11(16)8-19;1-2-4-6-5-3-1;1-2/h2-3,6-7,11,14,20H,4-5,8,16-17H2,1H3;1-6H2;1-2H3. The first-order valence-corrected chi connectivity index (χ1v) is 10.9. The number of hydrogen-bond acceptors (Lipinski definition) is 5. The summed E-state index contributed by atoms with van der Waals surface area (Å²) >= 11 is 0. The summed E-state index contributed by atoms with van der Waals surface area (Å²) in [5.41, 5.74) is 14.4. The summed E-state index contributed by atoms with van der Waals surface area (Å²) in [5, 5.41) is 10.8. The van der Waals surface area contributed by atoms with Gasteiger partial charge in [-0.2, -0.15) is 0 Å². The van der Waals surface area contributed by atoms with E-state index in [-0.39, 0.29) is 6.04 Å². The highest BCUT2D eigenvalue weighted by Gasteiger charge is 2.24. The largest absolute Gasteiger partial charge is 0.374 e. The van der Waals surface area contributed by atoms with Gasteiger partial charge in [0.2, 0.25) is 0 Å². The number of nitrogens with two attached hydrogens (primary N) is 2. The van der Waals surface area contributed by atoms with Gasteiger partial charge in [0.15, 0.2) is 0 Å². The van der Waals surface area contributed by atoms with Gasteiger partial charge in [0.05, 0.1) is 5.52 Å². The molecule has 1 aromatic carbocycles. The highest BCUT2D eigenvalue weighted by molar-refractivity contribution is 5.82. The fraction of sp³-hybridized carbons (Fsp3) is 0.609. The van der Waals surface area contributed by atoms with Gasteiger partial charge >= 0.3 is 0 Å². The number of benzene rings is 1. The second-order valence-electron chi connectivity index (χ2n) is 7.66. The Bertz CT molecular complexity index is 716. The van der Waals surface area contributed by atoms with E-state index >= 15 is 0 Å². The molecule has 4 rings (SSSR count). The first-order chi connectivity index (χ1) is 13.5. The second kappa shape index (κ2) is 11.3. The van der Waals surface area contributed by atoms with Crippen LogP contribution >= 0.6 is 0 Å². The fourth-order valence-electron chi connectivity index (χ4n) is 3.81. The molecule has 0 amide bonds. The van der Waals surface area contributed by atoms with Crippen LogP contribution in [0.25, 0.3) is 10.9 Å². The normalized spacial score (nSPS) is 20.1. The molecule has 2 unspecified atom stereocenters. The van der Waals surface area contributed by atoms with E-state index in [9.17, 15) is 5.11 Å². The van der Waals surface area contributed by atoms with Crippen LogP contribution in [0.1, 0.15) is 76.1 Å². The Kier molecular flexibility index (Phi) is 9.16. The monoisotopic (exact) mass is 386 g/mol. The molecule has 0 bridgehead atoms. The van der Waals surface area contributed by atoms with Crippen LogP contribution in [0.3, 0.4) is 0 Å². The molecule has 0 radical (unpaired) electrons. The highest BCUT2D eigenvalue weighted by atomic mass is 16.3. The van der Waals surface area contributed by atoms with E-state index in [0.29, 0.717) is 5.56 Å². The first kappa shape index (κ1) is 22.6. The maximum Gasteiger partial charge on any atom is 0.136 e. The number of anilines is 1. The average Bonchev–Trinajstić information content (AvgIpc) is 3.16. The molecule has 2 aliphatic rings. The van der Waals surface area contributed by atoms with Crippen molar-refractivity contribution in [3.63, 3.8) is 0 Å². The Hall–Kier alpha value is -1.69. The van der Waals surface area contributed by atoms with Gasteiger partial charge in [-0.25, -0.2) is 4.98 Å². The third kappa shape index (κ3) is 6.16. The number of aliphatic hydroxyl groups excluding tert-OH is 1. The molecule has 2 aromatic rings. The molecule has 0 spiro atoms. The number of rotatable bonds is 2. The molecule has 5 heteroatoms. The zero-order valence-electron chi connectivity index (χ0n) is 17.8. The number of fused-ring (bicyclic) bond motifs is 1. The third-order valence-corrected chi connectivity index (χ3v) is 5.32. The summed E-state index contributed by atoms with van der Waals surface area (Å²) in [4.78, 5) is 6.79. The maximum absolute atomic E-state index is 9.84. The van der Waals surface area contributed by atoms with E-state index in [1.165, 1.54) is 38.5 Å². The smallest absolute Gasteiger partial charge is 0.136 e. The number of aromatic nitrogens is 1. The summed E-state index contributed by atoms with van der Waals surface area (Å²) in [6.07, 6.45) is 8.91. The van der Waals surface area contributed by atoms with Gasteiger partial charge in [0, 0.05) is 30.1 Å². The molecular formula is C23H38N4O. The van der Waals surface area contributed by atoms with E-state index in [4.69, 9.17) is 11.5 Å². The van der Waals surface area contributed by atoms with Crippen molar-refractivity contribution in [1.82, 2.24) is 4.98 Å². The van der Waals surface area contributed by atoms with Crippen LogP contribution < -0.4 is 16.4 Å². The molecule has 28 heavy (non-hydrogen) atoms. The molecule has 1 saturated carbocycles. The van der Waals surface area contributed by atoms with E-state index in [0.717, 1.165) is 41.8 Å². The minimum absolute atomic E-state index is 0.160. The molecule has 1 aliphatic carbocycles. The zero-order chi connectivity index (χ0) is 20.5. The number of pyridine rings is 1. The summed E-state index contributed by atoms with van der Waals surface area (Å²) in [6, 6.07) is 8.17. The van der Waals surface area contributed by atoms with E-state index in [2.05, 4.69) is 9.88 Å². The van der Waals surface area contributed by atoms with Gasteiger partial charge in [-0.15, -0.1) is 0 Å². The van der Waals surface area contributed by atoms with Crippen LogP contribution in [0.2, 0.25) is 0 Å². The molecule has 1 saturated heterocycles. The average molecular weight is 387 g/mol. The molecule has 156 valence electrons. The van der Waals surface area contributed by atoms with Crippen LogP contribution in [-0.4, -0.2) is 29.2 Å². The molecule has 5 N–H and O–H groups in total. The van der Waals surface area contributed by atoms with Crippen LogP contribution in [0.15, 0.2) is 24.3 Å². The molecule has 5 nitrogen and oxygen atoms in total.